The minimum Gasteiger partial charge on any atom is -0.497 e. The lowest BCUT2D eigenvalue weighted by molar-refractivity contribution is -0.118. The number of carbonyl (C=O) groups excluding carboxylic acids is 1. The maximum Gasteiger partial charge on any atom is 0.412 e. The second kappa shape index (κ2) is 6.60. The molecule has 1 aliphatic rings. The molecule has 5 heteroatoms. The van der Waals surface area contributed by atoms with Crippen molar-refractivity contribution >= 4 is 17.6 Å². The molecule has 1 amide bonds. The Labute approximate surface area is 137 Å². The van der Waals surface area contributed by atoms with Crippen LogP contribution in [-0.2, 0) is 11.2 Å². The molecule has 0 heterocycles. The SMILES string of the molecule is COc1ccc(N(C(=O)O)C(C)(C)C)c(CC(=O)CC2CC2)c1. The number of amides is 1. The molecule has 23 heavy (non-hydrogen) atoms. The number of hydrogen-bond donors (Lipinski definition) is 1. The zero-order valence-corrected chi connectivity index (χ0v) is 14.3. The van der Waals surface area contributed by atoms with Crippen molar-refractivity contribution in [3.8, 4) is 5.75 Å². The van der Waals surface area contributed by atoms with E-state index in [4.69, 9.17) is 4.74 Å². The molecule has 1 fully saturated rings. The van der Waals surface area contributed by atoms with Gasteiger partial charge < -0.3 is 9.84 Å². The molecule has 0 unspecified atom stereocenters. The molecule has 0 aromatic heterocycles. The quantitative estimate of drug-likeness (QED) is 0.864. The number of anilines is 1. The van der Waals surface area contributed by atoms with Gasteiger partial charge in [0.05, 0.1) is 12.8 Å². The molecule has 0 atom stereocenters. The van der Waals surface area contributed by atoms with Gasteiger partial charge in [0, 0.05) is 18.4 Å². The maximum atomic E-state index is 12.3. The average Bonchev–Trinajstić information content (AvgIpc) is 3.22. The average molecular weight is 319 g/mol. The van der Waals surface area contributed by atoms with E-state index in [1.165, 1.54) is 4.90 Å². The fourth-order valence-electron chi connectivity index (χ4n) is 2.73. The van der Waals surface area contributed by atoms with Gasteiger partial charge in [-0.25, -0.2) is 4.79 Å². The first-order valence-electron chi connectivity index (χ1n) is 7.94. The summed E-state index contributed by atoms with van der Waals surface area (Å²) in [6, 6.07) is 5.21. The number of Topliss-reactive ketones (excluding diaryl/α,β-unsaturated/α-hetero) is 1. The van der Waals surface area contributed by atoms with E-state index >= 15 is 0 Å². The predicted octanol–water partition coefficient (Wildman–Crippen LogP) is 3.89. The van der Waals surface area contributed by atoms with E-state index in [9.17, 15) is 14.7 Å². The standard InChI is InChI=1S/C18H25NO4/c1-18(2,3)19(17(21)22)16-8-7-15(23-4)11-13(16)10-14(20)9-12-5-6-12/h7-8,11-12H,5-6,9-10H2,1-4H3,(H,21,22). The van der Waals surface area contributed by atoms with Gasteiger partial charge >= 0.3 is 6.09 Å². The second-order valence-corrected chi connectivity index (χ2v) is 7.15. The van der Waals surface area contributed by atoms with E-state index in [0.717, 1.165) is 12.8 Å². The summed E-state index contributed by atoms with van der Waals surface area (Å²) >= 11 is 0. The molecule has 0 bridgehead atoms. The van der Waals surface area contributed by atoms with E-state index in [1.807, 2.05) is 20.8 Å². The highest BCUT2D eigenvalue weighted by molar-refractivity contribution is 5.91. The Balaban J connectivity index is 2.36. The molecule has 1 N–H and O–H groups in total. The third-order valence-corrected chi connectivity index (χ3v) is 3.99. The van der Waals surface area contributed by atoms with Crippen molar-refractivity contribution in [1.29, 1.82) is 0 Å². The fourth-order valence-corrected chi connectivity index (χ4v) is 2.73. The summed E-state index contributed by atoms with van der Waals surface area (Å²) in [6.07, 6.45) is 2.04. The van der Waals surface area contributed by atoms with Gasteiger partial charge in [-0.2, -0.15) is 0 Å². The zero-order chi connectivity index (χ0) is 17.2. The van der Waals surface area contributed by atoms with E-state index in [2.05, 4.69) is 0 Å². The minimum atomic E-state index is -1.03. The molecule has 5 nitrogen and oxygen atoms in total. The molecule has 0 spiro atoms. The third kappa shape index (κ3) is 4.47. The predicted molar refractivity (Wildman–Crippen MR) is 89.3 cm³/mol. The molecule has 1 aromatic carbocycles. The van der Waals surface area contributed by atoms with Crippen molar-refractivity contribution in [2.24, 2.45) is 5.92 Å². The van der Waals surface area contributed by atoms with Crippen LogP contribution in [0.25, 0.3) is 0 Å². The van der Waals surface area contributed by atoms with Crippen molar-refractivity contribution in [1.82, 2.24) is 0 Å². The highest BCUT2D eigenvalue weighted by Gasteiger charge is 2.31. The number of ketones is 1. The van der Waals surface area contributed by atoms with E-state index < -0.39 is 11.6 Å². The lowest BCUT2D eigenvalue weighted by Crippen LogP contribution is -2.45. The van der Waals surface area contributed by atoms with Crippen LogP contribution in [0.2, 0.25) is 0 Å². The summed E-state index contributed by atoms with van der Waals surface area (Å²) in [6.45, 7) is 5.50. The van der Waals surface area contributed by atoms with Crippen molar-refractivity contribution in [2.45, 2.75) is 52.0 Å². The second-order valence-electron chi connectivity index (χ2n) is 7.15. The van der Waals surface area contributed by atoms with Gasteiger partial charge in [0.15, 0.2) is 0 Å². The molecule has 2 rings (SSSR count). The largest absolute Gasteiger partial charge is 0.497 e. The monoisotopic (exact) mass is 319 g/mol. The number of hydrogen-bond acceptors (Lipinski definition) is 3. The van der Waals surface area contributed by atoms with Gasteiger partial charge in [-0.15, -0.1) is 0 Å². The molecule has 0 aliphatic heterocycles. The summed E-state index contributed by atoms with van der Waals surface area (Å²) in [5, 5.41) is 9.61. The molecule has 1 saturated carbocycles. The Kier molecular flexibility index (Phi) is 4.97. The number of nitrogens with zero attached hydrogens (tertiary/aromatic N) is 1. The summed E-state index contributed by atoms with van der Waals surface area (Å²) < 4.78 is 5.23. The molecular weight excluding hydrogens is 294 g/mol. The van der Waals surface area contributed by atoms with Crippen LogP contribution in [0.5, 0.6) is 5.75 Å². The Morgan fingerprint density at radius 2 is 1.96 bits per heavy atom. The molecular formula is C18H25NO4. The van der Waals surface area contributed by atoms with Crippen LogP contribution in [0, 0.1) is 5.92 Å². The van der Waals surface area contributed by atoms with Gasteiger partial charge in [-0.05, 0) is 63.3 Å². The highest BCUT2D eigenvalue weighted by Crippen LogP contribution is 2.35. The molecule has 1 aromatic rings. The van der Waals surface area contributed by atoms with Crippen LogP contribution >= 0.6 is 0 Å². The summed E-state index contributed by atoms with van der Waals surface area (Å²) in [4.78, 5) is 25.3. The first kappa shape index (κ1) is 17.3. The molecule has 0 radical (unpaired) electrons. The summed E-state index contributed by atoms with van der Waals surface area (Å²) in [7, 11) is 1.56. The summed E-state index contributed by atoms with van der Waals surface area (Å²) in [5.74, 6) is 1.30. The number of methoxy groups -OCH3 is 1. The minimum absolute atomic E-state index is 0.154. The van der Waals surface area contributed by atoms with Gasteiger partial charge in [-0.3, -0.25) is 9.69 Å². The Morgan fingerprint density at radius 1 is 1.30 bits per heavy atom. The van der Waals surface area contributed by atoms with E-state index in [0.29, 0.717) is 29.3 Å². The van der Waals surface area contributed by atoms with Crippen molar-refractivity contribution in [3.05, 3.63) is 23.8 Å². The first-order chi connectivity index (χ1) is 10.7. The highest BCUT2D eigenvalue weighted by atomic mass is 16.5. The van der Waals surface area contributed by atoms with Crippen LogP contribution in [0.15, 0.2) is 18.2 Å². The van der Waals surface area contributed by atoms with Gasteiger partial charge in [-0.1, -0.05) is 0 Å². The van der Waals surface area contributed by atoms with Crippen molar-refractivity contribution < 1.29 is 19.4 Å². The van der Waals surface area contributed by atoms with Gasteiger partial charge in [0.2, 0.25) is 0 Å². The third-order valence-electron chi connectivity index (χ3n) is 3.99. The molecule has 0 saturated heterocycles. The maximum absolute atomic E-state index is 12.3. The van der Waals surface area contributed by atoms with Crippen LogP contribution in [0.3, 0.4) is 0 Å². The van der Waals surface area contributed by atoms with Gasteiger partial charge in [0.1, 0.15) is 11.5 Å². The van der Waals surface area contributed by atoms with Crippen LogP contribution in [0.4, 0.5) is 10.5 Å². The Bertz CT molecular complexity index is 600. The molecule has 126 valence electrons. The van der Waals surface area contributed by atoms with E-state index in [1.54, 1.807) is 25.3 Å². The number of carboxylic acid groups (broad SMARTS) is 1. The van der Waals surface area contributed by atoms with Crippen molar-refractivity contribution in [2.75, 3.05) is 12.0 Å². The van der Waals surface area contributed by atoms with Crippen LogP contribution < -0.4 is 9.64 Å². The first-order valence-corrected chi connectivity index (χ1v) is 7.94. The Hall–Kier alpha value is -2.04. The number of ether oxygens (including phenoxy) is 1. The molecule has 1 aliphatic carbocycles. The van der Waals surface area contributed by atoms with Gasteiger partial charge in [0.25, 0.3) is 0 Å². The van der Waals surface area contributed by atoms with Crippen LogP contribution in [0.1, 0.15) is 45.6 Å². The van der Waals surface area contributed by atoms with E-state index in [-0.39, 0.29) is 12.2 Å². The van der Waals surface area contributed by atoms with Crippen LogP contribution in [-0.4, -0.2) is 29.6 Å². The Morgan fingerprint density at radius 3 is 2.43 bits per heavy atom. The lowest BCUT2D eigenvalue weighted by Gasteiger charge is -2.34. The summed E-state index contributed by atoms with van der Waals surface area (Å²) in [5.41, 5.74) is 0.650. The fraction of sp³-hybridized carbons (Fsp3) is 0.556. The zero-order valence-electron chi connectivity index (χ0n) is 14.3. The smallest absolute Gasteiger partial charge is 0.412 e. The topological polar surface area (TPSA) is 66.8 Å². The normalized spacial score (nSPS) is 14.4. The number of rotatable bonds is 6. The number of carbonyl (C=O) groups is 2. The number of benzene rings is 1. The lowest BCUT2D eigenvalue weighted by atomic mass is 9.99. The van der Waals surface area contributed by atoms with Crippen molar-refractivity contribution in [3.63, 3.8) is 0 Å².